The highest BCUT2D eigenvalue weighted by Gasteiger charge is 2.06. The SMILES string of the molecule is CCNC(=O)CN(C)Cc1ccc(NC)nc1. The predicted octanol–water partition coefficient (Wildman–Crippen LogP) is 0.691. The van der Waals surface area contributed by atoms with Crippen molar-refractivity contribution < 1.29 is 4.79 Å². The zero-order valence-electron chi connectivity index (χ0n) is 10.7. The number of aromatic nitrogens is 1. The Morgan fingerprint density at radius 3 is 2.76 bits per heavy atom. The second-order valence-electron chi connectivity index (χ2n) is 3.93. The number of rotatable bonds is 6. The molecule has 0 unspecified atom stereocenters. The quantitative estimate of drug-likeness (QED) is 0.763. The number of carbonyl (C=O) groups excluding carboxylic acids is 1. The lowest BCUT2D eigenvalue weighted by molar-refractivity contribution is -0.121. The average molecular weight is 236 g/mol. The number of likely N-dealkylation sites (N-methyl/N-ethyl adjacent to an activating group) is 2. The van der Waals surface area contributed by atoms with Crippen LogP contribution >= 0.6 is 0 Å². The van der Waals surface area contributed by atoms with Crippen LogP contribution in [0.15, 0.2) is 18.3 Å². The highest BCUT2D eigenvalue weighted by Crippen LogP contribution is 2.06. The lowest BCUT2D eigenvalue weighted by Crippen LogP contribution is -2.34. The molecule has 17 heavy (non-hydrogen) atoms. The minimum absolute atomic E-state index is 0.0507. The van der Waals surface area contributed by atoms with Crippen LogP contribution < -0.4 is 10.6 Å². The van der Waals surface area contributed by atoms with Crippen molar-refractivity contribution in [1.29, 1.82) is 0 Å². The van der Waals surface area contributed by atoms with Gasteiger partial charge in [0.1, 0.15) is 5.82 Å². The minimum Gasteiger partial charge on any atom is -0.373 e. The Kier molecular flexibility index (Phi) is 5.42. The molecular formula is C12H20N4O. The number of amides is 1. The van der Waals surface area contributed by atoms with Crippen molar-refractivity contribution in [2.75, 3.05) is 32.5 Å². The van der Waals surface area contributed by atoms with E-state index >= 15 is 0 Å². The number of nitrogens with one attached hydrogen (secondary N) is 2. The van der Waals surface area contributed by atoms with Gasteiger partial charge in [0.15, 0.2) is 0 Å². The molecule has 1 rings (SSSR count). The van der Waals surface area contributed by atoms with Crippen LogP contribution in [0.3, 0.4) is 0 Å². The lowest BCUT2D eigenvalue weighted by atomic mass is 10.2. The molecule has 5 nitrogen and oxygen atoms in total. The summed E-state index contributed by atoms with van der Waals surface area (Å²) in [4.78, 5) is 17.6. The van der Waals surface area contributed by atoms with Gasteiger partial charge in [-0.05, 0) is 25.6 Å². The molecule has 0 atom stereocenters. The summed E-state index contributed by atoms with van der Waals surface area (Å²) in [6, 6.07) is 3.93. The normalized spacial score (nSPS) is 10.4. The highest BCUT2D eigenvalue weighted by atomic mass is 16.1. The van der Waals surface area contributed by atoms with E-state index in [1.165, 1.54) is 0 Å². The minimum atomic E-state index is 0.0507. The van der Waals surface area contributed by atoms with E-state index < -0.39 is 0 Å². The topological polar surface area (TPSA) is 57.3 Å². The third-order valence-electron chi connectivity index (χ3n) is 2.32. The summed E-state index contributed by atoms with van der Waals surface area (Å²) >= 11 is 0. The van der Waals surface area contributed by atoms with Crippen molar-refractivity contribution in [2.45, 2.75) is 13.5 Å². The fourth-order valence-electron chi connectivity index (χ4n) is 1.53. The maximum atomic E-state index is 11.4. The first-order valence-corrected chi connectivity index (χ1v) is 5.73. The van der Waals surface area contributed by atoms with Gasteiger partial charge in [0.05, 0.1) is 6.54 Å². The van der Waals surface area contributed by atoms with E-state index in [-0.39, 0.29) is 5.91 Å². The first-order valence-electron chi connectivity index (χ1n) is 5.73. The lowest BCUT2D eigenvalue weighted by Gasteiger charge is -2.15. The first kappa shape index (κ1) is 13.4. The Hall–Kier alpha value is -1.62. The summed E-state index contributed by atoms with van der Waals surface area (Å²) < 4.78 is 0. The number of hydrogen-bond donors (Lipinski definition) is 2. The van der Waals surface area contributed by atoms with Gasteiger partial charge in [-0.25, -0.2) is 4.98 Å². The summed E-state index contributed by atoms with van der Waals surface area (Å²) in [6.45, 7) is 3.71. The van der Waals surface area contributed by atoms with Crippen molar-refractivity contribution >= 4 is 11.7 Å². The molecule has 0 aliphatic rings. The van der Waals surface area contributed by atoms with E-state index in [9.17, 15) is 4.79 Å². The third-order valence-corrected chi connectivity index (χ3v) is 2.32. The molecule has 0 radical (unpaired) electrons. The van der Waals surface area contributed by atoms with E-state index in [1.807, 2.05) is 44.2 Å². The number of hydrogen-bond acceptors (Lipinski definition) is 4. The summed E-state index contributed by atoms with van der Waals surface area (Å²) in [6.07, 6.45) is 1.82. The van der Waals surface area contributed by atoms with Gasteiger partial charge in [-0.1, -0.05) is 6.07 Å². The molecule has 1 amide bonds. The average Bonchev–Trinajstić information content (AvgIpc) is 2.30. The summed E-state index contributed by atoms with van der Waals surface area (Å²) in [7, 11) is 3.75. The molecule has 1 aromatic heterocycles. The number of carbonyl (C=O) groups is 1. The zero-order valence-corrected chi connectivity index (χ0v) is 10.7. The number of anilines is 1. The van der Waals surface area contributed by atoms with Gasteiger partial charge in [-0.15, -0.1) is 0 Å². The van der Waals surface area contributed by atoms with Gasteiger partial charge in [0, 0.05) is 26.3 Å². The van der Waals surface area contributed by atoms with Crippen molar-refractivity contribution in [3.8, 4) is 0 Å². The van der Waals surface area contributed by atoms with Crippen LogP contribution in [0.2, 0.25) is 0 Å². The van der Waals surface area contributed by atoms with Crippen LogP contribution in [0.1, 0.15) is 12.5 Å². The Bertz CT molecular complexity index is 350. The van der Waals surface area contributed by atoms with Crippen LogP contribution in [0.4, 0.5) is 5.82 Å². The van der Waals surface area contributed by atoms with E-state index in [4.69, 9.17) is 0 Å². The van der Waals surface area contributed by atoms with E-state index in [0.717, 1.165) is 11.4 Å². The van der Waals surface area contributed by atoms with Crippen molar-refractivity contribution in [1.82, 2.24) is 15.2 Å². The van der Waals surface area contributed by atoms with E-state index in [0.29, 0.717) is 19.6 Å². The zero-order chi connectivity index (χ0) is 12.7. The Morgan fingerprint density at radius 1 is 1.47 bits per heavy atom. The maximum absolute atomic E-state index is 11.4. The van der Waals surface area contributed by atoms with Gasteiger partial charge in [-0.2, -0.15) is 0 Å². The molecule has 0 saturated heterocycles. The molecule has 1 heterocycles. The van der Waals surface area contributed by atoms with Gasteiger partial charge in [0.2, 0.25) is 5.91 Å². The second-order valence-corrected chi connectivity index (χ2v) is 3.93. The largest absolute Gasteiger partial charge is 0.373 e. The monoisotopic (exact) mass is 236 g/mol. The standard InChI is InChI=1S/C12H20N4O/c1-4-14-12(17)9-16(3)8-10-5-6-11(13-2)15-7-10/h5-7H,4,8-9H2,1-3H3,(H,13,15)(H,14,17). The molecule has 0 bridgehead atoms. The van der Waals surface area contributed by atoms with Gasteiger partial charge < -0.3 is 10.6 Å². The van der Waals surface area contributed by atoms with Gasteiger partial charge in [-0.3, -0.25) is 9.69 Å². The fourth-order valence-corrected chi connectivity index (χ4v) is 1.53. The summed E-state index contributed by atoms with van der Waals surface area (Å²) in [5.74, 6) is 0.898. The van der Waals surface area contributed by atoms with Gasteiger partial charge >= 0.3 is 0 Å². The predicted molar refractivity (Wildman–Crippen MR) is 68.8 cm³/mol. The summed E-state index contributed by atoms with van der Waals surface area (Å²) in [5.41, 5.74) is 1.09. The molecule has 0 saturated carbocycles. The molecule has 1 aromatic rings. The number of pyridine rings is 1. The number of nitrogens with zero attached hydrogens (tertiary/aromatic N) is 2. The third kappa shape index (κ3) is 4.82. The van der Waals surface area contributed by atoms with E-state index in [2.05, 4.69) is 15.6 Å². The van der Waals surface area contributed by atoms with Crippen LogP contribution in [0.5, 0.6) is 0 Å². The second kappa shape index (κ2) is 6.85. The summed E-state index contributed by atoms with van der Waals surface area (Å²) in [5, 5.41) is 5.74. The fraction of sp³-hybridized carbons (Fsp3) is 0.500. The smallest absolute Gasteiger partial charge is 0.234 e. The van der Waals surface area contributed by atoms with E-state index in [1.54, 1.807) is 0 Å². The van der Waals surface area contributed by atoms with Gasteiger partial charge in [0.25, 0.3) is 0 Å². The molecule has 0 spiro atoms. The molecule has 0 fully saturated rings. The molecular weight excluding hydrogens is 216 g/mol. The molecule has 0 aliphatic carbocycles. The molecule has 5 heteroatoms. The van der Waals surface area contributed by atoms with Crippen LogP contribution in [0, 0.1) is 0 Å². The van der Waals surface area contributed by atoms with Crippen LogP contribution in [-0.2, 0) is 11.3 Å². The Morgan fingerprint density at radius 2 is 2.24 bits per heavy atom. The van der Waals surface area contributed by atoms with Crippen LogP contribution in [-0.4, -0.2) is 43.0 Å². The molecule has 0 aliphatic heterocycles. The Labute approximate surface area is 102 Å². The Balaban J connectivity index is 2.44. The van der Waals surface area contributed by atoms with Crippen molar-refractivity contribution in [3.63, 3.8) is 0 Å². The van der Waals surface area contributed by atoms with Crippen molar-refractivity contribution in [3.05, 3.63) is 23.9 Å². The molecule has 94 valence electrons. The first-order chi connectivity index (χ1) is 8.15. The molecule has 2 N–H and O–H groups in total. The highest BCUT2D eigenvalue weighted by molar-refractivity contribution is 5.77. The maximum Gasteiger partial charge on any atom is 0.234 e. The molecule has 0 aromatic carbocycles. The van der Waals surface area contributed by atoms with Crippen molar-refractivity contribution in [2.24, 2.45) is 0 Å². The van der Waals surface area contributed by atoms with Crippen LogP contribution in [0.25, 0.3) is 0 Å².